The van der Waals surface area contributed by atoms with E-state index in [1.54, 1.807) is 0 Å². The van der Waals surface area contributed by atoms with Crippen LogP contribution in [0.5, 0.6) is 0 Å². The molecule has 1 aliphatic carbocycles. The maximum atomic E-state index is 13.3. The highest BCUT2D eigenvalue weighted by atomic mass is 32.2. The Labute approximate surface area is 220 Å². The number of urea groups is 1. The summed E-state index contributed by atoms with van der Waals surface area (Å²) < 4.78 is 213. The van der Waals surface area contributed by atoms with Crippen molar-refractivity contribution in [2.75, 3.05) is 6.50 Å². The Morgan fingerprint density at radius 1 is 1.22 bits per heavy atom. The number of aromatic nitrogens is 2. The number of hydrogen-bond acceptors (Lipinski definition) is 6. The Morgan fingerprint density at radius 3 is 2.62 bits per heavy atom. The molecule has 0 unspecified atom stereocenters. The average Bonchev–Trinajstić information content (AvgIpc) is 2.98. The number of carbonyl (C=O) groups is 2. The van der Waals surface area contributed by atoms with Crippen molar-refractivity contribution in [1.29, 1.82) is 0 Å². The molecule has 1 aliphatic rings. The van der Waals surface area contributed by atoms with Crippen molar-refractivity contribution in [1.82, 2.24) is 25.3 Å². The molecule has 1 aromatic heterocycles. The molecule has 1 aromatic carbocycles. The topological polar surface area (TPSA) is 130 Å². The molecule has 3 N–H and O–H groups in total. The Morgan fingerprint density at radius 2 is 1.94 bits per heavy atom. The molecular formula is C22H29N5O4S. The molecule has 172 valence electrons. The summed E-state index contributed by atoms with van der Waals surface area (Å²) in [6.07, 6.45) is -21.7. The number of aryl methyl sites for hydroxylation is 1. The lowest BCUT2D eigenvalue weighted by atomic mass is 9.87. The Balaban J connectivity index is 2.06. The van der Waals surface area contributed by atoms with Gasteiger partial charge in [-0.05, 0) is 62.3 Å². The van der Waals surface area contributed by atoms with E-state index in [1.807, 2.05) is 0 Å². The standard InChI is InChI=1S/C22H29N5O4S/c1-15-3-7-18(8-4-15)26-22(29)27-32(30,31)19-9-5-17(6-10-19)11-12-23-21(28)20-14-24-16(2)13-25-20/h5-6,9-10,13-15,18H,3-4,7-8,11-12H2,1-2H3,(H,23,28)(H2,26,27,29)/i2D3,3D2,4D2,5D,6D,7D2,8D2,9D,10D,11D2,12D2,13D,14D,15D,18D. The van der Waals surface area contributed by atoms with Crippen LogP contribution in [0.2, 0.25) is 0 Å². The normalized spacial score (nSPS) is 41.2. The summed E-state index contributed by atoms with van der Waals surface area (Å²) in [6, 6.07) is -13.0. The van der Waals surface area contributed by atoms with Crippen molar-refractivity contribution in [2.45, 2.75) is 56.6 Å². The predicted molar refractivity (Wildman–Crippen MR) is 120 cm³/mol. The minimum absolute atomic E-state index is 0.499. The lowest BCUT2D eigenvalue weighted by molar-refractivity contribution is 0.0948. The van der Waals surface area contributed by atoms with Crippen LogP contribution in [-0.4, -0.2) is 42.8 Å². The number of nitrogens with one attached hydrogen (secondary N) is 3. The second kappa shape index (κ2) is 10.5. The van der Waals surface area contributed by atoms with Crippen LogP contribution in [-0.2, 0) is 16.4 Å². The minimum Gasteiger partial charge on any atom is -0.350 e. The Kier molecular flexibility index (Phi) is 2.57. The summed E-state index contributed by atoms with van der Waals surface area (Å²) in [5.41, 5.74) is -3.72. The van der Waals surface area contributed by atoms with E-state index < -0.39 is 137 Å². The van der Waals surface area contributed by atoms with Crippen LogP contribution in [0.15, 0.2) is 41.4 Å². The molecule has 10 heteroatoms. The zero-order chi connectivity index (χ0) is 43.5. The quantitative estimate of drug-likeness (QED) is 0.555. The van der Waals surface area contributed by atoms with E-state index in [0.717, 1.165) is 4.72 Å². The number of sulfonamides is 1. The molecular weight excluding hydrogens is 430 g/mol. The number of hydrogen-bond donors (Lipinski definition) is 3. The van der Waals surface area contributed by atoms with Crippen molar-refractivity contribution in [3.05, 3.63) is 53.5 Å². The molecule has 1 heterocycles. The van der Waals surface area contributed by atoms with Gasteiger partial charge >= 0.3 is 6.03 Å². The fourth-order valence-electron chi connectivity index (χ4n) is 1.83. The van der Waals surface area contributed by atoms with Gasteiger partial charge in [0.15, 0.2) is 0 Å². The summed E-state index contributed by atoms with van der Waals surface area (Å²) in [7, 11) is -5.78. The average molecular weight is 483 g/mol. The number of benzene rings is 1. The number of rotatable bonds is 7. The first-order valence-corrected chi connectivity index (χ1v) is 9.78. The molecule has 2 aromatic rings. The second-order valence-corrected chi connectivity index (χ2v) is 7.23. The highest BCUT2D eigenvalue weighted by Crippen LogP contribution is 2.23. The molecule has 9 nitrogen and oxygen atoms in total. The molecule has 0 aliphatic heterocycles. The van der Waals surface area contributed by atoms with Crippen LogP contribution in [0.25, 0.3) is 0 Å². The third-order valence-electron chi connectivity index (χ3n) is 3.21. The number of carbonyl (C=O) groups excluding carboxylic acids is 2. The summed E-state index contributed by atoms with van der Waals surface area (Å²) >= 11 is 0. The molecule has 0 bridgehead atoms. The monoisotopic (exact) mass is 482 g/mol. The van der Waals surface area contributed by atoms with Crippen LogP contribution < -0.4 is 15.4 Å². The van der Waals surface area contributed by atoms with Gasteiger partial charge in [0.2, 0.25) is 0 Å². The SMILES string of the molecule is [2H]c1nc(C([2H])([2H])[2H])c([2H])nc1C(=O)NC([2H])([2H])C([2H])([2H])c1c([2H])c([2H])c(S(=O)(=O)NC(=O)NC2([2H])C([2H])([2H])C([2H])([2H])C([2H])(C)C([2H])([2H])C2([2H])[2H])c([2H])c1[2H]. The number of nitrogens with zero attached hydrogens (tertiary/aromatic N) is 2. The van der Waals surface area contributed by atoms with Crippen molar-refractivity contribution in [3.8, 4) is 0 Å². The van der Waals surface area contributed by atoms with Crippen LogP contribution in [0.3, 0.4) is 0 Å². The first-order valence-electron chi connectivity index (χ1n) is 19.8. The number of amides is 3. The second-order valence-electron chi connectivity index (χ2n) is 5.61. The molecule has 0 spiro atoms. The smallest absolute Gasteiger partial charge is 0.328 e. The highest BCUT2D eigenvalue weighted by Gasteiger charge is 2.23. The molecule has 0 saturated heterocycles. The first kappa shape index (κ1) is 7.79. The third kappa shape index (κ3) is 6.74. The van der Waals surface area contributed by atoms with Crippen LogP contribution in [0.4, 0.5) is 4.79 Å². The van der Waals surface area contributed by atoms with Crippen LogP contribution in [0.1, 0.15) is 85.7 Å². The van der Waals surface area contributed by atoms with E-state index in [0.29, 0.717) is 6.92 Å². The van der Waals surface area contributed by atoms with Gasteiger partial charge in [-0.15, -0.1) is 0 Å². The van der Waals surface area contributed by atoms with Gasteiger partial charge < -0.3 is 10.6 Å². The zero-order valence-electron chi connectivity index (χ0n) is 38.9. The van der Waals surface area contributed by atoms with Gasteiger partial charge in [0.1, 0.15) is 5.69 Å². The fraction of sp³-hybridized carbons (Fsp3) is 0.455. The van der Waals surface area contributed by atoms with E-state index in [1.165, 1.54) is 10.6 Å². The molecule has 3 rings (SSSR count). The van der Waals surface area contributed by atoms with E-state index in [9.17, 15) is 18.0 Å². The van der Waals surface area contributed by atoms with Crippen LogP contribution in [0, 0.1) is 12.7 Å². The molecule has 1 saturated carbocycles. The van der Waals surface area contributed by atoms with Crippen molar-refractivity contribution in [2.24, 2.45) is 5.89 Å². The van der Waals surface area contributed by atoms with Crippen molar-refractivity contribution < 1.29 is 49.5 Å². The Bertz CT molecular complexity index is 2010. The molecule has 1 fully saturated rings. The van der Waals surface area contributed by atoms with Gasteiger partial charge in [-0.3, -0.25) is 9.78 Å². The van der Waals surface area contributed by atoms with Gasteiger partial charge in [0, 0.05) is 40.6 Å². The van der Waals surface area contributed by atoms with Crippen molar-refractivity contribution >= 4 is 22.0 Å². The maximum absolute atomic E-state index is 13.3. The summed E-state index contributed by atoms with van der Waals surface area (Å²) in [5, 5.41) is 2.65. The fourth-order valence-corrected chi connectivity index (χ4v) is 2.59. The molecule has 0 radical (unpaired) electrons. The summed E-state index contributed by atoms with van der Waals surface area (Å²) in [4.78, 5) is 30.6. The summed E-state index contributed by atoms with van der Waals surface area (Å²) in [5.74, 6) is -5.03. The lowest BCUT2D eigenvalue weighted by Gasteiger charge is -2.26. The Hall–Kier alpha value is -3.01. The van der Waals surface area contributed by atoms with E-state index in [4.69, 9.17) is 31.5 Å². The largest absolute Gasteiger partial charge is 0.350 e. The third-order valence-corrected chi connectivity index (χ3v) is 4.41. The lowest BCUT2D eigenvalue weighted by Crippen LogP contribution is -2.45. The first-order chi connectivity index (χ1) is 24.2. The van der Waals surface area contributed by atoms with Gasteiger partial charge in [-0.1, -0.05) is 19.0 Å². The van der Waals surface area contributed by atoms with E-state index in [-0.39, 0.29) is 0 Å². The van der Waals surface area contributed by atoms with E-state index >= 15 is 0 Å². The minimum atomic E-state index is -5.78. The molecule has 3 amide bonds. The van der Waals surface area contributed by atoms with Crippen molar-refractivity contribution in [3.63, 3.8) is 0 Å². The van der Waals surface area contributed by atoms with Gasteiger partial charge in [0.25, 0.3) is 15.9 Å². The highest BCUT2D eigenvalue weighted by molar-refractivity contribution is 7.90. The van der Waals surface area contributed by atoms with E-state index in [2.05, 4.69) is 9.97 Å². The maximum Gasteiger partial charge on any atom is 0.328 e. The van der Waals surface area contributed by atoms with Gasteiger partial charge in [-0.25, -0.2) is 22.9 Å². The summed E-state index contributed by atoms with van der Waals surface area (Å²) in [6.45, 7) is -6.36. The molecule has 32 heavy (non-hydrogen) atoms. The van der Waals surface area contributed by atoms with Crippen LogP contribution >= 0.6 is 0 Å². The predicted octanol–water partition coefficient (Wildman–Crippen LogP) is 2.32. The van der Waals surface area contributed by atoms with Gasteiger partial charge in [0.05, 0.1) is 26.4 Å². The van der Waals surface area contributed by atoms with Gasteiger partial charge in [-0.2, -0.15) is 0 Å². The zero-order valence-corrected chi connectivity index (χ0v) is 16.8. The molecule has 0 atom stereocenters.